The first-order valence-corrected chi connectivity index (χ1v) is 7.26. The van der Waals surface area contributed by atoms with Gasteiger partial charge in [0.25, 0.3) is 0 Å². The summed E-state index contributed by atoms with van der Waals surface area (Å²) in [5, 5.41) is 2.85. The highest BCUT2D eigenvalue weighted by Crippen LogP contribution is 2.16. The number of aryl methyl sites for hydroxylation is 1. The second kappa shape index (κ2) is 8.08. The normalized spacial score (nSPS) is 10.1. The lowest BCUT2D eigenvalue weighted by Gasteiger charge is -2.08. The van der Waals surface area contributed by atoms with Crippen molar-refractivity contribution in [3.05, 3.63) is 59.7 Å². The number of nitrogens with one attached hydrogen (secondary N) is 1. The minimum Gasteiger partial charge on any atom is -0.497 e. The van der Waals surface area contributed by atoms with Crippen LogP contribution in [0.15, 0.2) is 48.5 Å². The molecular formula is C18H21NO3. The Kier molecular flexibility index (Phi) is 5.83. The zero-order valence-electron chi connectivity index (χ0n) is 13.0. The van der Waals surface area contributed by atoms with Gasteiger partial charge in [0.15, 0.2) is 0 Å². The van der Waals surface area contributed by atoms with Crippen LogP contribution in [0.2, 0.25) is 0 Å². The first-order chi connectivity index (χ1) is 10.7. The van der Waals surface area contributed by atoms with Crippen molar-refractivity contribution < 1.29 is 14.3 Å². The highest BCUT2D eigenvalue weighted by Gasteiger charge is 2.03. The van der Waals surface area contributed by atoms with Crippen LogP contribution >= 0.6 is 0 Å². The van der Waals surface area contributed by atoms with Gasteiger partial charge in [-0.3, -0.25) is 4.79 Å². The molecule has 2 rings (SSSR count). The molecule has 0 spiro atoms. The Bertz CT molecular complexity index is 608. The Morgan fingerprint density at radius 2 is 1.82 bits per heavy atom. The molecule has 0 atom stereocenters. The minimum absolute atomic E-state index is 0.00364. The number of ether oxygens (including phenoxy) is 2. The topological polar surface area (TPSA) is 47.6 Å². The van der Waals surface area contributed by atoms with E-state index in [9.17, 15) is 4.79 Å². The average Bonchev–Trinajstić information content (AvgIpc) is 2.52. The molecule has 0 heterocycles. The summed E-state index contributed by atoms with van der Waals surface area (Å²) in [7, 11) is 1.62. The molecule has 0 aliphatic carbocycles. The summed E-state index contributed by atoms with van der Waals surface area (Å²) in [6.45, 7) is 2.94. The van der Waals surface area contributed by atoms with Crippen LogP contribution in [-0.2, 0) is 11.2 Å². The molecule has 4 heteroatoms. The summed E-state index contributed by atoms with van der Waals surface area (Å²) in [5.41, 5.74) is 2.18. The molecule has 0 saturated heterocycles. The van der Waals surface area contributed by atoms with Crippen molar-refractivity contribution in [2.24, 2.45) is 0 Å². The quantitative estimate of drug-likeness (QED) is 0.800. The Balaban J connectivity index is 1.68. The second-order valence-corrected chi connectivity index (χ2v) is 5.04. The Labute approximate surface area is 131 Å². The number of carbonyl (C=O) groups is 1. The van der Waals surface area contributed by atoms with Crippen molar-refractivity contribution in [1.29, 1.82) is 0 Å². The smallest absolute Gasteiger partial charge is 0.224 e. The van der Waals surface area contributed by atoms with Gasteiger partial charge >= 0.3 is 0 Å². The first-order valence-electron chi connectivity index (χ1n) is 7.26. The first kappa shape index (κ1) is 15.9. The van der Waals surface area contributed by atoms with Gasteiger partial charge in [0.1, 0.15) is 18.1 Å². The third-order valence-electron chi connectivity index (χ3n) is 3.20. The highest BCUT2D eigenvalue weighted by molar-refractivity contribution is 5.78. The summed E-state index contributed by atoms with van der Waals surface area (Å²) >= 11 is 0. The fraction of sp³-hybridized carbons (Fsp3) is 0.278. The minimum atomic E-state index is 0.00364. The van der Waals surface area contributed by atoms with Crippen LogP contribution in [0.3, 0.4) is 0 Å². The maximum Gasteiger partial charge on any atom is 0.224 e. The Morgan fingerprint density at radius 1 is 1.09 bits per heavy atom. The van der Waals surface area contributed by atoms with Gasteiger partial charge in [0.05, 0.1) is 20.1 Å². The third-order valence-corrected chi connectivity index (χ3v) is 3.20. The van der Waals surface area contributed by atoms with Crippen molar-refractivity contribution in [2.75, 3.05) is 20.3 Å². The predicted molar refractivity (Wildman–Crippen MR) is 86.4 cm³/mol. The van der Waals surface area contributed by atoms with Gasteiger partial charge in [-0.2, -0.15) is 0 Å². The molecule has 0 fully saturated rings. The average molecular weight is 299 g/mol. The fourth-order valence-corrected chi connectivity index (χ4v) is 2.10. The molecule has 2 aromatic carbocycles. The van der Waals surface area contributed by atoms with Crippen molar-refractivity contribution in [3.8, 4) is 11.5 Å². The Morgan fingerprint density at radius 3 is 2.50 bits per heavy atom. The van der Waals surface area contributed by atoms with Crippen LogP contribution in [0, 0.1) is 6.92 Å². The van der Waals surface area contributed by atoms with Gasteiger partial charge in [-0.05, 0) is 36.8 Å². The zero-order chi connectivity index (χ0) is 15.8. The molecule has 0 saturated carbocycles. The van der Waals surface area contributed by atoms with E-state index in [0.717, 1.165) is 22.6 Å². The van der Waals surface area contributed by atoms with Crippen LogP contribution in [0.5, 0.6) is 11.5 Å². The summed E-state index contributed by atoms with van der Waals surface area (Å²) in [6.07, 6.45) is 0.393. The lowest BCUT2D eigenvalue weighted by molar-refractivity contribution is -0.120. The molecule has 1 amide bonds. The van der Waals surface area contributed by atoms with E-state index >= 15 is 0 Å². The molecule has 2 aromatic rings. The SMILES string of the molecule is COc1ccc(OCCNC(=O)Cc2cccc(C)c2)cc1. The van der Waals surface area contributed by atoms with E-state index in [4.69, 9.17) is 9.47 Å². The molecule has 22 heavy (non-hydrogen) atoms. The maximum absolute atomic E-state index is 11.8. The monoisotopic (exact) mass is 299 g/mol. The molecule has 0 aliphatic rings. The summed E-state index contributed by atoms with van der Waals surface area (Å²) in [4.78, 5) is 11.8. The van der Waals surface area contributed by atoms with E-state index < -0.39 is 0 Å². The number of methoxy groups -OCH3 is 1. The number of hydrogen-bond acceptors (Lipinski definition) is 3. The van der Waals surface area contributed by atoms with E-state index in [0.29, 0.717) is 19.6 Å². The number of rotatable bonds is 7. The van der Waals surface area contributed by atoms with Gasteiger partial charge < -0.3 is 14.8 Å². The van der Waals surface area contributed by atoms with Crippen LogP contribution in [0.25, 0.3) is 0 Å². The number of benzene rings is 2. The number of carbonyl (C=O) groups excluding carboxylic acids is 1. The zero-order valence-corrected chi connectivity index (χ0v) is 13.0. The third kappa shape index (κ3) is 5.13. The number of amides is 1. The molecule has 0 bridgehead atoms. The Hall–Kier alpha value is -2.49. The predicted octanol–water partition coefficient (Wildman–Crippen LogP) is 2.74. The fourth-order valence-electron chi connectivity index (χ4n) is 2.10. The summed E-state index contributed by atoms with van der Waals surface area (Å²) < 4.78 is 10.6. The summed E-state index contributed by atoms with van der Waals surface area (Å²) in [5.74, 6) is 1.55. The van der Waals surface area contributed by atoms with E-state index in [-0.39, 0.29) is 5.91 Å². The molecule has 0 aromatic heterocycles. The van der Waals surface area contributed by atoms with Crippen LogP contribution in [-0.4, -0.2) is 26.2 Å². The van der Waals surface area contributed by atoms with Crippen LogP contribution in [0.1, 0.15) is 11.1 Å². The molecule has 0 aliphatic heterocycles. The highest BCUT2D eigenvalue weighted by atomic mass is 16.5. The molecule has 4 nitrogen and oxygen atoms in total. The molecule has 116 valence electrons. The van der Waals surface area contributed by atoms with E-state index in [1.54, 1.807) is 7.11 Å². The van der Waals surface area contributed by atoms with E-state index in [1.807, 2.05) is 55.5 Å². The van der Waals surface area contributed by atoms with E-state index in [2.05, 4.69) is 5.32 Å². The second-order valence-electron chi connectivity index (χ2n) is 5.04. The number of hydrogen-bond donors (Lipinski definition) is 1. The van der Waals surface area contributed by atoms with Gasteiger partial charge in [-0.1, -0.05) is 29.8 Å². The van der Waals surface area contributed by atoms with Gasteiger partial charge in [0, 0.05) is 0 Å². The van der Waals surface area contributed by atoms with Gasteiger partial charge in [0.2, 0.25) is 5.91 Å². The standard InChI is InChI=1S/C18H21NO3/c1-14-4-3-5-15(12-14)13-18(20)19-10-11-22-17-8-6-16(21-2)7-9-17/h3-9,12H,10-11,13H2,1-2H3,(H,19,20). The van der Waals surface area contributed by atoms with Crippen LogP contribution < -0.4 is 14.8 Å². The summed E-state index contributed by atoms with van der Waals surface area (Å²) in [6, 6.07) is 15.3. The maximum atomic E-state index is 11.8. The van der Waals surface area contributed by atoms with Crippen molar-refractivity contribution in [2.45, 2.75) is 13.3 Å². The largest absolute Gasteiger partial charge is 0.497 e. The van der Waals surface area contributed by atoms with E-state index in [1.165, 1.54) is 0 Å². The lowest BCUT2D eigenvalue weighted by atomic mass is 10.1. The molecular weight excluding hydrogens is 278 g/mol. The molecule has 0 radical (unpaired) electrons. The van der Waals surface area contributed by atoms with Crippen LogP contribution in [0.4, 0.5) is 0 Å². The van der Waals surface area contributed by atoms with Gasteiger partial charge in [-0.25, -0.2) is 0 Å². The van der Waals surface area contributed by atoms with Gasteiger partial charge in [-0.15, -0.1) is 0 Å². The molecule has 0 unspecified atom stereocenters. The van der Waals surface area contributed by atoms with Crippen molar-refractivity contribution >= 4 is 5.91 Å². The molecule has 1 N–H and O–H groups in total. The lowest BCUT2D eigenvalue weighted by Crippen LogP contribution is -2.29. The van der Waals surface area contributed by atoms with Crippen molar-refractivity contribution in [1.82, 2.24) is 5.32 Å². The van der Waals surface area contributed by atoms with Crippen molar-refractivity contribution in [3.63, 3.8) is 0 Å².